The lowest BCUT2D eigenvalue weighted by Gasteiger charge is -2.12. The summed E-state index contributed by atoms with van der Waals surface area (Å²) in [6.45, 7) is 0. The van der Waals surface area contributed by atoms with E-state index in [4.69, 9.17) is 23.8 Å². The van der Waals surface area contributed by atoms with Crippen LogP contribution in [0.5, 0.6) is 0 Å². The van der Waals surface area contributed by atoms with Gasteiger partial charge in [0.05, 0.1) is 15.6 Å². The van der Waals surface area contributed by atoms with E-state index in [1.165, 1.54) is 18.2 Å². The number of anilines is 1. The molecule has 0 fully saturated rings. The molecule has 0 saturated heterocycles. The third kappa shape index (κ3) is 4.24. The Morgan fingerprint density at radius 2 is 1.81 bits per heavy atom. The van der Waals surface area contributed by atoms with E-state index in [0.29, 0.717) is 11.3 Å². The monoisotopic (exact) mass is 463 g/mol. The minimum atomic E-state index is -0.547. The lowest BCUT2D eigenvalue weighted by molar-refractivity contribution is -0.384. The minimum absolute atomic E-state index is 0.0303. The molecule has 3 aromatic carbocycles. The molecule has 0 aromatic heterocycles. The van der Waals surface area contributed by atoms with Crippen LogP contribution in [0.15, 0.2) is 59.1 Å². The number of carbonyl (C=O) groups is 1. The molecular formula is C18H11BrClN3O3S. The molecule has 0 unspecified atom stereocenters. The maximum atomic E-state index is 12.6. The minimum Gasteiger partial charge on any atom is -0.331 e. The van der Waals surface area contributed by atoms with E-state index < -0.39 is 4.92 Å². The zero-order chi connectivity index (χ0) is 19.6. The molecule has 0 aliphatic heterocycles. The lowest BCUT2D eigenvalue weighted by atomic mass is 10.0. The second-order valence-electron chi connectivity index (χ2n) is 5.47. The standard InChI is InChI=1S/C18H11BrClN3O3S/c19-14-6-2-3-11-12(14)4-1-5-13(11)17(24)22-18(27)21-16-8-7-10(23(25)26)9-15(16)20/h1-9H,(H2,21,22,24,27). The van der Waals surface area contributed by atoms with Crippen LogP contribution in [0.2, 0.25) is 5.02 Å². The maximum Gasteiger partial charge on any atom is 0.271 e. The highest BCUT2D eigenvalue weighted by molar-refractivity contribution is 9.10. The molecule has 3 aromatic rings. The predicted octanol–water partition coefficient (Wildman–Crippen LogP) is 5.29. The van der Waals surface area contributed by atoms with Crippen LogP contribution in [-0.2, 0) is 0 Å². The number of nitro benzene ring substituents is 1. The number of thiocarbonyl (C=S) groups is 1. The number of benzene rings is 3. The Morgan fingerprint density at radius 3 is 2.52 bits per heavy atom. The van der Waals surface area contributed by atoms with E-state index in [-0.39, 0.29) is 21.7 Å². The van der Waals surface area contributed by atoms with Crippen molar-refractivity contribution in [2.24, 2.45) is 0 Å². The van der Waals surface area contributed by atoms with E-state index in [2.05, 4.69) is 26.6 Å². The van der Waals surface area contributed by atoms with Crippen molar-refractivity contribution in [3.63, 3.8) is 0 Å². The Morgan fingerprint density at radius 1 is 1.11 bits per heavy atom. The molecule has 3 rings (SSSR count). The summed E-state index contributed by atoms with van der Waals surface area (Å²) in [6.07, 6.45) is 0. The molecule has 0 bridgehead atoms. The highest BCUT2D eigenvalue weighted by Crippen LogP contribution is 2.27. The Kier molecular flexibility index (Phi) is 5.69. The highest BCUT2D eigenvalue weighted by atomic mass is 79.9. The summed E-state index contributed by atoms with van der Waals surface area (Å²) in [4.78, 5) is 22.8. The molecular weight excluding hydrogens is 454 g/mol. The van der Waals surface area contributed by atoms with Gasteiger partial charge in [0.15, 0.2) is 5.11 Å². The normalized spacial score (nSPS) is 10.4. The molecule has 0 radical (unpaired) electrons. The topological polar surface area (TPSA) is 84.3 Å². The van der Waals surface area contributed by atoms with Crippen molar-refractivity contribution < 1.29 is 9.72 Å². The van der Waals surface area contributed by atoms with Gasteiger partial charge in [-0.25, -0.2) is 0 Å². The number of fused-ring (bicyclic) bond motifs is 1. The van der Waals surface area contributed by atoms with Crippen LogP contribution in [0.4, 0.5) is 11.4 Å². The first-order valence-electron chi connectivity index (χ1n) is 7.60. The third-order valence-electron chi connectivity index (χ3n) is 3.75. The first kappa shape index (κ1) is 19.2. The average molecular weight is 465 g/mol. The van der Waals surface area contributed by atoms with Crippen molar-refractivity contribution in [3.8, 4) is 0 Å². The first-order chi connectivity index (χ1) is 12.9. The van der Waals surface area contributed by atoms with Crippen LogP contribution >= 0.6 is 39.7 Å². The molecule has 6 nitrogen and oxygen atoms in total. The Bertz CT molecular complexity index is 1090. The molecule has 9 heteroatoms. The fourth-order valence-electron chi connectivity index (χ4n) is 2.51. The molecule has 0 saturated carbocycles. The molecule has 27 heavy (non-hydrogen) atoms. The second kappa shape index (κ2) is 7.99. The van der Waals surface area contributed by atoms with Crippen LogP contribution in [-0.4, -0.2) is 15.9 Å². The number of non-ortho nitro benzene ring substituents is 1. The van der Waals surface area contributed by atoms with Gasteiger partial charge in [-0.2, -0.15) is 0 Å². The SMILES string of the molecule is O=C(NC(=S)Nc1ccc([N+](=O)[O-])cc1Cl)c1cccc2c(Br)cccc12. The van der Waals surface area contributed by atoms with Gasteiger partial charge in [-0.1, -0.05) is 51.8 Å². The molecule has 136 valence electrons. The second-order valence-corrected chi connectivity index (χ2v) is 7.14. The lowest BCUT2D eigenvalue weighted by Crippen LogP contribution is -2.34. The van der Waals surface area contributed by atoms with Crippen LogP contribution in [0.25, 0.3) is 10.8 Å². The Labute approximate surface area is 172 Å². The number of nitrogens with zero attached hydrogens (tertiary/aromatic N) is 1. The van der Waals surface area contributed by atoms with Crippen molar-refractivity contribution >= 4 is 72.9 Å². The van der Waals surface area contributed by atoms with Gasteiger partial charge in [-0.15, -0.1) is 0 Å². The van der Waals surface area contributed by atoms with E-state index in [0.717, 1.165) is 15.2 Å². The van der Waals surface area contributed by atoms with Crippen LogP contribution in [0.3, 0.4) is 0 Å². The van der Waals surface area contributed by atoms with Gasteiger partial charge in [-0.05, 0) is 41.2 Å². The van der Waals surface area contributed by atoms with Crippen LogP contribution in [0.1, 0.15) is 10.4 Å². The molecule has 0 atom stereocenters. The smallest absolute Gasteiger partial charge is 0.271 e. The summed E-state index contributed by atoms with van der Waals surface area (Å²) in [5.74, 6) is -0.380. The van der Waals surface area contributed by atoms with E-state index in [1.54, 1.807) is 12.1 Å². The van der Waals surface area contributed by atoms with Crippen molar-refractivity contribution in [1.82, 2.24) is 5.32 Å². The summed E-state index contributed by atoms with van der Waals surface area (Å²) < 4.78 is 0.882. The van der Waals surface area contributed by atoms with Crippen molar-refractivity contribution in [3.05, 3.63) is 79.8 Å². The fraction of sp³-hybridized carbons (Fsp3) is 0. The average Bonchev–Trinajstić information content (AvgIpc) is 2.63. The third-order valence-corrected chi connectivity index (χ3v) is 4.96. The summed E-state index contributed by atoms with van der Waals surface area (Å²) >= 11 is 14.6. The summed E-state index contributed by atoms with van der Waals surface area (Å²) in [5.41, 5.74) is 0.683. The molecule has 0 aliphatic rings. The van der Waals surface area contributed by atoms with Gasteiger partial charge in [-0.3, -0.25) is 20.2 Å². The van der Waals surface area contributed by atoms with E-state index in [1.807, 2.05) is 24.3 Å². The number of nitrogens with one attached hydrogen (secondary N) is 2. The Balaban J connectivity index is 1.78. The largest absolute Gasteiger partial charge is 0.331 e. The van der Waals surface area contributed by atoms with E-state index >= 15 is 0 Å². The number of amides is 1. The van der Waals surface area contributed by atoms with E-state index in [9.17, 15) is 14.9 Å². The van der Waals surface area contributed by atoms with Crippen LogP contribution < -0.4 is 10.6 Å². The number of nitro groups is 1. The number of carbonyl (C=O) groups excluding carboxylic acids is 1. The van der Waals surface area contributed by atoms with Gasteiger partial charge in [0.25, 0.3) is 11.6 Å². The van der Waals surface area contributed by atoms with Gasteiger partial charge >= 0.3 is 0 Å². The zero-order valence-corrected chi connectivity index (χ0v) is 16.7. The molecule has 0 spiro atoms. The van der Waals surface area contributed by atoms with Gasteiger partial charge in [0, 0.05) is 22.2 Å². The van der Waals surface area contributed by atoms with Crippen molar-refractivity contribution in [2.75, 3.05) is 5.32 Å². The first-order valence-corrected chi connectivity index (χ1v) is 9.18. The molecule has 0 heterocycles. The summed E-state index contributed by atoms with van der Waals surface area (Å²) in [6, 6.07) is 14.9. The molecule has 2 N–H and O–H groups in total. The van der Waals surface area contributed by atoms with Crippen molar-refractivity contribution in [2.45, 2.75) is 0 Å². The molecule has 0 aliphatic carbocycles. The van der Waals surface area contributed by atoms with Gasteiger partial charge < -0.3 is 5.32 Å². The molecule has 1 amide bonds. The van der Waals surface area contributed by atoms with Gasteiger partial charge in [0.1, 0.15) is 0 Å². The van der Waals surface area contributed by atoms with Gasteiger partial charge in [0.2, 0.25) is 0 Å². The predicted molar refractivity (Wildman–Crippen MR) is 113 cm³/mol. The summed E-state index contributed by atoms with van der Waals surface area (Å²) in [7, 11) is 0. The summed E-state index contributed by atoms with van der Waals surface area (Å²) in [5, 5.41) is 18.0. The zero-order valence-electron chi connectivity index (χ0n) is 13.5. The number of halogens is 2. The maximum absolute atomic E-state index is 12.6. The highest BCUT2D eigenvalue weighted by Gasteiger charge is 2.14. The van der Waals surface area contributed by atoms with Crippen molar-refractivity contribution in [1.29, 1.82) is 0 Å². The Hall–Kier alpha value is -2.55. The quantitative estimate of drug-likeness (QED) is 0.312. The number of rotatable bonds is 3. The number of hydrogen-bond acceptors (Lipinski definition) is 4. The number of hydrogen-bond donors (Lipinski definition) is 2. The fourth-order valence-corrected chi connectivity index (χ4v) is 3.44. The van der Waals surface area contributed by atoms with Crippen LogP contribution in [0, 0.1) is 10.1 Å².